The highest BCUT2D eigenvalue weighted by molar-refractivity contribution is 7.99. The van der Waals surface area contributed by atoms with Crippen LogP contribution in [0.4, 0.5) is 5.69 Å². The van der Waals surface area contributed by atoms with Crippen LogP contribution >= 0.6 is 11.8 Å². The molecule has 2 aromatic carbocycles. The van der Waals surface area contributed by atoms with Crippen LogP contribution < -0.4 is 15.6 Å². The molecule has 1 N–H and O–H groups in total. The molecule has 1 aliphatic heterocycles. The van der Waals surface area contributed by atoms with E-state index < -0.39 is 0 Å². The maximum atomic E-state index is 13.3. The first kappa shape index (κ1) is 20.3. The van der Waals surface area contributed by atoms with Gasteiger partial charge in [0.05, 0.1) is 30.7 Å². The fourth-order valence-corrected chi connectivity index (χ4v) is 5.02. The fourth-order valence-electron chi connectivity index (χ4n) is 3.89. The van der Waals surface area contributed by atoms with Crippen molar-refractivity contribution in [3.63, 3.8) is 0 Å². The average molecular weight is 448 g/mol. The molecule has 0 aliphatic carbocycles. The molecule has 1 atom stereocenters. The molecule has 2 aromatic heterocycles. The number of amides is 1. The largest absolute Gasteiger partial charge is 0.495 e. The van der Waals surface area contributed by atoms with Gasteiger partial charge in [-0.2, -0.15) is 5.10 Å². The van der Waals surface area contributed by atoms with Gasteiger partial charge in [-0.15, -0.1) is 0 Å². The number of rotatable bonds is 5. The molecule has 0 radical (unpaired) electrons. The number of benzene rings is 2. The number of aryl methyl sites for hydroxylation is 1. The van der Waals surface area contributed by atoms with E-state index >= 15 is 0 Å². The van der Waals surface area contributed by atoms with Crippen molar-refractivity contribution in [2.75, 3.05) is 18.2 Å². The Morgan fingerprint density at radius 3 is 2.91 bits per heavy atom. The molecule has 0 spiro atoms. The van der Waals surface area contributed by atoms with Crippen LogP contribution in [0.5, 0.6) is 5.75 Å². The molecule has 1 amide bonds. The summed E-state index contributed by atoms with van der Waals surface area (Å²) in [4.78, 5) is 30.7. The smallest absolute Gasteiger partial charge is 0.265 e. The van der Waals surface area contributed by atoms with Gasteiger partial charge in [-0.1, -0.05) is 36.0 Å². The highest BCUT2D eigenvalue weighted by atomic mass is 32.2. The zero-order chi connectivity index (χ0) is 22.2. The topological polar surface area (TPSA) is 91.0 Å². The third-order valence-electron chi connectivity index (χ3n) is 5.42. The van der Waals surface area contributed by atoms with Gasteiger partial charge in [-0.25, -0.2) is 9.67 Å². The quantitative estimate of drug-likeness (QED) is 0.470. The third kappa shape index (κ3) is 3.54. The zero-order valence-corrected chi connectivity index (χ0v) is 18.4. The monoisotopic (exact) mass is 447 g/mol. The predicted molar refractivity (Wildman–Crippen MR) is 124 cm³/mol. The summed E-state index contributed by atoms with van der Waals surface area (Å²) in [6.07, 6.45) is 1.71. The van der Waals surface area contributed by atoms with Gasteiger partial charge in [-0.05, 0) is 36.8 Å². The molecule has 9 heteroatoms. The molecular weight excluding hydrogens is 426 g/mol. The summed E-state index contributed by atoms with van der Waals surface area (Å²) in [6, 6.07) is 14.8. The first-order valence-corrected chi connectivity index (χ1v) is 11.2. The number of hydrogen-bond donors (Lipinski definition) is 1. The number of nitrogens with one attached hydrogen (secondary N) is 1. The van der Waals surface area contributed by atoms with Gasteiger partial charge in [0.2, 0.25) is 5.91 Å². The van der Waals surface area contributed by atoms with E-state index in [-0.39, 0.29) is 23.9 Å². The van der Waals surface area contributed by atoms with Crippen molar-refractivity contribution in [3.8, 4) is 11.4 Å². The summed E-state index contributed by atoms with van der Waals surface area (Å²) in [5.74, 6) is 1.01. The zero-order valence-electron chi connectivity index (χ0n) is 17.6. The van der Waals surface area contributed by atoms with Crippen molar-refractivity contribution in [2.45, 2.75) is 24.5 Å². The summed E-state index contributed by atoms with van der Waals surface area (Å²) in [7, 11) is 1.56. The van der Waals surface area contributed by atoms with E-state index in [2.05, 4.69) is 10.4 Å². The first-order valence-electron chi connectivity index (χ1n) is 10.2. The average Bonchev–Trinajstić information content (AvgIpc) is 3.39. The second-order valence-corrected chi connectivity index (χ2v) is 8.61. The maximum absolute atomic E-state index is 13.3. The SMILES string of the molecule is COc1ccccc1NC(=O)CC1CSc2nc3c(cnn3-c3cccc(C)c3)c(=O)n21. The number of carbonyl (C=O) groups excluding carboxylic acids is 1. The fraction of sp³-hybridized carbons (Fsp3) is 0.217. The molecule has 3 heterocycles. The molecule has 4 aromatic rings. The standard InChI is InChI=1S/C23H21N5O3S/c1-14-6-5-7-15(10-14)28-21-17(12-24-28)22(30)27-16(13-32-23(27)26-21)11-20(29)25-18-8-3-4-9-19(18)31-2/h3-10,12,16H,11,13H2,1-2H3,(H,25,29). The Bertz CT molecular complexity index is 1390. The van der Waals surface area contributed by atoms with E-state index in [4.69, 9.17) is 9.72 Å². The molecule has 1 aliphatic rings. The van der Waals surface area contributed by atoms with Gasteiger partial charge in [-0.3, -0.25) is 14.2 Å². The molecule has 1 unspecified atom stereocenters. The second kappa shape index (κ2) is 8.16. The van der Waals surface area contributed by atoms with Crippen molar-refractivity contribution in [1.29, 1.82) is 0 Å². The lowest BCUT2D eigenvalue weighted by Gasteiger charge is -2.14. The summed E-state index contributed by atoms with van der Waals surface area (Å²) in [5.41, 5.74) is 2.90. The molecule has 32 heavy (non-hydrogen) atoms. The number of carbonyl (C=O) groups is 1. The highest BCUT2D eigenvalue weighted by Crippen LogP contribution is 2.34. The molecule has 5 rings (SSSR count). The van der Waals surface area contributed by atoms with Gasteiger partial charge in [0, 0.05) is 12.2 Å². The van der Waals surface area contributed by atoms with Crippen molar-refractivity contribution < 1.29 is 9.53 Å². The second-order valence-electron chi connectivity index (χ2n) is 7.62. The minimum absolute atomic E-state index is 0.164. The number of fused-ring (bicyclic) bond motifs is 2. The molecule has 162 valence electrons. The molecule has 0 fully saturated rings. The highest BCUT2D eigenvalue weighted by Gasteiger charge is 2.29. The van der Waals surface area contributed by atoms with Crippen LogP contribution in [0.2, 0.25) is 0 Å². The van der Waals surface area contributed by atoms with E-state index in [1.807, 2.05) is 43.3 Å². The Balaban J connectivity index is 1.45. The summed E-state index contributed by atoms with van der Waals surface area (Å²) in [6.45, 7) is 2.01. The third-order valence-corrected chi connectivity index (χ3v) is 6.52. The number of methoxy groups -OCH3 is 1. The molecule has 0 saturated heterocycles. The van der Waals surface area contributed by atoms with Crippen LogP contribution in [0.3, 0.4) is 0 Å². The van der Waals surface area contributed by atoms with Crippen LogP contribution in [0.25, 0.3) is 16.7 Å². The first-order chi connectivity index (χ1) is 15.5. The van der Waals surface area contributed by atoms with E-state index in [0.717, 1.165) is 11.3 Å². The molecule has 0 bridgehead atoms. The van der Waals surface area contributed by atoms with Crippen molar-refractivity contribution in [1.82, 2.24) is 19.3 Å². The molecule has 0 saturated carbocycles. The summed E-state index contributed by atoms with van der Waals surface area (Å²) in [5, 5.41) is 8.33. The van der Waals surface area contributed by atoms with Crippen LogP contribution in [-0.2, 0) is 4.79 Å². The minimum atomic E-state index is -0.281. The van der Waals surface area contributed by atoms with Crippen LogP contribution in [0.1, 0.15) is 18.0 Å². The number of aromatic nitrogens is 4. The Morgan fingerprint density at radius 1 is 1.25 bits per heavy atom. The molecule has 8 nitrogen and oxygen atoms in total. The van der Waals surface area contributed by atoms with Crippen molar-refractivity contribution in [2.24, 2.45) is 0 Å². The van der Waals surface area contributed by atoms with Gasteiger partial charge in [0.15, 0.2) is 10.8 Å². The Hall–Kier alpha value is -3.59. The van der Waals surface area contributed by atoms with E-state index in [1.165, 1.54) is 11.8 Å². The minimum Gasteiger partial charge on any atom is -0.495 e. The lowest BCUT2D eigenvalue weighted by atomic mass is 10.2. The van der Waals surface area contributed by atoms with E-state index in [1.54, 1.807) is 34.7 Å². The van der Waals surface area contributed by atoms with E-state index in [9.17, 15) is 9.59 Å². The number of hydrogen-bond acceptors (Lipinski definition) is 6. The maximum Gasteiger partial charge on any atom is 0.265 e. The number of nitrogens with zero attached hydrogens (tertiary/aromatic N) is 4. The number of ether oxygens (including phenoxy) is 1. The Morgan fingerprint density at radius 2 is 2.09 bits per heavy atom. The van der Waals surface area contributed by atoms with Gasteiger partial charge < -0.3 is 10.1 Å². The number of thioether (sulfide) groups is 1. The van der Waals surface area contributed by atoms with Gasteiger partial charge in [0.25, 0.3) is 5.56 Å². The number of anilines is 1. The lowest BCUT2D eigenvalue weighted by Crippen LogP contribution is -2.27. The normalized spacial score (nSPS) is 15.0. The van der Waals surface area contributed by atoms with Gasteiger partial charge >= 0.3 is 0 Å². The Labute approximate surface area is 188 Å². The number of para-hydroxylation sites is 2. The Kier molecular flexibility index (Phi) is 5.18. The van der Waals surface area contributed by atoms with Gasteiger partial charge in [0.1, 0.15) is 11.1 Å². The summed E-state index contributed by atoms with van der Waals surface area (Å²) >= 11 is 1.48. The van der Waals surface area contributed by atoms with E-state index in [0.29, 0.717) is 33.4 Å². The van der Waals surface area contributed by atoms with Crippen LogP contribution in [0.15, 0.2) is 64.7 Å². The predicted octanol–water partition coefficient (Wildman–Crippen LogP) is 3.57. The van der Waals surface area contributed by atoms with Crippen LogP contribution in [-0.4, -0.2) is 38.1 Å². The molecular formula is C23H21N5O3S. The van der Waals surface area contributed by atoms with Crippen LogP contribution in [0, 0.1) is 6.92 Å². The summed E-state index contributed by atoms with van der Waals surface area (Å²) < 4.78 is 8.60. The van der Waals surface area contributed by atoms with Crippen molar-refractivity contribution >= 4 is 34.4 Å². The van der Waals surface area contributed by atoms with Crippen molar-refractivity contribution in [3.05, 3.63) is 70.6 Å². The lowest BCUT2D eigenvalue weighted by molar-refractivity contribution is -0.116.